The van der Waals surface area contributed by atoms with E-state index in [0.717, 1.165) is 12.8 Å². The molecule has 0 heterocycles. The molecular formula is C13H15NO4. The molecule has 0 radical (unpaired) electrons. The van der Waals surface area contributed by atoms with Gasteiger partial charge in [0.15, 0.2) is 0 Å². The minimum atomic E-state index is -1.01. The minimum absolute atomic E-state index is 0.0688. The van der Waals surface area contributed by atoms with Crippen molar-refractivity contribution in [3.63, 3.8) is 0 Å². The van der Waals surface area contributed by atoms with Crippen LogP contribution in [0.2, 0.25) is 0 Å². The van der Waals surface area contributed by atoms with Gasteiger partial charge < -0.3 is 15.5 Å². The standard InChI is InChI=1S/C13H15NO4/c15-10-5-3-9(4-6-10)12(16)14-11(13(17)18)7-8-1-2-8/h3-6,8,11,15H,1-2,7H2,(H,14,16)(H,17,18)/t11-/m0/s1. The number of carbonyl (C=O) groups excluding carboxylic acids is 1. The van der Waals surface area contributed by atoms with E-state index in [1.165, 1.54) is 24.3 Å². The molecule has 0 aromatic heterocycles. The minimum Gasteiger partial charge on any atom is -0.508 e. The Bertz CT molecular complexity index is 451. The Morgan fingerprint density at radius 3 is 2.39 bits per heavy atom. The van der Waals surface area contributed by atoms with Crippen molar-refractivity contribution < 1.29 is 19.8 Å². The van der Waals surface area contributed by atoms with Gasteiger partial charge in [0, 0.05) is 5.56 Å². The van der Waals surface area contributed by atoms with Crippen LogP contribution in [0.3, 0.4) is 0 Å². The summed E-state index contributed by atoms with van der Waals surface area (Å²) in [6.45, 7) is 0. The van der Waals surface area contributed by atoms with Gasteiger partial charge in [-0.2, -0.15) is 0 Å². The Morgan fingerprint density at radius 2 is 1.89 bits per heavy atom. The lowest BCUT2D eigenvalue weighted by atomic mass is 10.1. The molecule has 96 valence electrons. The van der Waals surface area contributed by atoms with Crippen LogP contribution in [0.1, 0.15) is 29.6 Å². The molecule has 1 fully saturated rings. The zero-order valence-corrected chi connectivity index (χ0v) is 9.80. The van der Waals surface area contributed by atoms with Crippen molar-refractivity contribution in [3.05, 3.63) is 29.8 Å². The van der Waals surface area contributed by atoms with Gasteiger partial charge in [-0.3, -0.25) is 4.79 Å². The predicted molar refractivity (Wildman–Crippen MR) is 64.3 cm³/mol. The molecule has 1 aliphatic carbocycles. The lowest BCUT2D eigenvalue weighted by Crippen LogP contribution is -2.41. The molecule has 1 aromatic carbocycles. The van der Waals surface area contributed by atoms with Gasteiger partial charge in [0.1, 0.15) is 11.8 Å². The van der Waals surface area contributed by atoms with Gasteiger partial charge in [0.05, 0.1) is 0 Å². The van der Waals surface area contributed by atoms with Crippen LogP contribution in [0.25, 0.3) is 0 Å². The van der Waals surface area contributed by atoms with Crippen LogP contribution in [0, 0.1) is 5.92 Å². The maximum absolute atomic E-state index is 11.8. The van der Waals surface area contributed by atoms with Crippen LogP contribution in [0.4, 0.5) is 0 Å². The first-order valence-corrected chi connectivity index (χ1v) is 5.89. The van der Waals surface area contributed by atoms with Crippen molar-refractivity contribution in [2.24, 2.45) is 5.92 Å². The fourth-order valence-electron chi connectivity index (χ4n) is 1.76. The van der Waals surface area contributed by atoms with Crippen molar-refractivity contribution in [2.45, 2.75) is 25.3 Å². The summed E-state index contributed by atoms with van der Waals surface area (Å²) in [5.74, 6) is -0.942. The van der Waals surface area contributed by atoms with Crippen molar-refractivity contribution in [2.75, 3.05) is 0 Å². The molecule has 0 spiro atoms. The number of hydrogen-bond acceptors (Lipinski definition) is 3. The van der Waals surface area contributed by atoms with Crippen LogP contribution < -0.4 is 5.32 Å². The van der Waals surface area contributed by atoms with Crippen molar-refractivity contribution in [3.8, 4) is 5.75 Å². The first-order chi connectivity index (χ1) is 8.56. The highest BCUT2D eigenvalue weighted by atomic mass is 16.4. The largest absolute Gasteiger partial charge is 0.508 e. The van der Waals surface area contributed by atoms with E-state index in [4.69, 9.17) is 10.2 Å². The monoisotopic (exact) mass is 249 g/mol. The number of carbonyl (C=O) groups is 2. The van der Waals surface area contributed by atoms with Gasteiger partial charge in [0.25, 0.3) is 5.91 Å². The lowest BCUT2D eigenvalue weighted by Gasteiger charge is -2.14. The molecule has 1 aliphatic rings. The molecule has 1 amide bonds. The number of amides is 1. The molecule has 5 heteroatoms. The number of hydrogen-bond donors (Lipinski definition) is 3. The molecular weight excluding hydrogens is 234 g/mol. The van der Waals surface area contributed by atoms with Crippen LogP contribution >= 0.6 is 0 Å². The zero-order valence-electron chi connectivity index (χ0n) is 9.80. The van der Waals surface area contributed by atoms with Crippen LogP contribution in [-0.2, 0) is 4.79 Å². The summed E-state index contributed by atoms with van der Waals surface area (Å²) >= 11 is 0. The molecule has 0 aliphatic heterocycles. The first kappa shape index (κ1) is 12.4. The molecule has 0 unspecified atom stereocenters. The van der Waals surface area contributed by atoms with E-state index >= 15 is 0 Å². The van der Waals surface area contributed by atoms with E-state index in [1.54, 1.807) is 0 Å². The number of phenols is 1. The van der Waals surface area contributed by atoms with Gasteiger partial charge in [-0.25, -0.2) is 4.79 Å². The SMILES string of the molecule is O=C(N[C@@H](CC1CC1)C(=O)O)c1ccc(O)cc1. The maximum Gasteiger partial charge on any atom is 0.326 e. The molecule has 1 atom stereocenters. The number of benzene rings is 1. The second-order valence-electron chi connectivity index (χ2n) is 4.59. The summed E-state index contributed by atoms with van der Waals surface area (Å²) in [5.41, 5.74) is 0.342. The van der Waals surface area contributed by atoms with E-state index in [9.17, 15) is 9.59 Å². The first-order valence-electron chi connectivity index (χ1n) is 5.89. The molecule has 0 saturated heterocycles. The summed E-state index contributed by atoms with van der Waals surface area (Å²) in [6, 6.07) is 4.87. The number of rotatable bonds is 5. The third kappa shape index (κ3) is 3.23. The van der Waals surface area contributed by atoms with Gasteiger partial charge in [-0.1, -0.05) is 12.8 Å². The van der Waals surface area contributed by atoms with E-state index in [0.29, 0.717) is 17.9 Å². The molecule has 2 rings (SSSR count). The van der Waals surface area contributed by atoms with Gasteiger partial charge >= 0.3 is 5.97 Å². The molecule has 18 heavy (non-hydrogen) atoms. The van der Waals surface area contributed by atoms with E-state index in [-0.39, 0.29) is 5.75 Å². The number of aromatic hydroxyl groups is 1. The topological polar surface area (TPSA) is 86.6 Å². The third-order valence-corrected chi connectivity index (χ3v) is 3.00. The Labute approximate surface area is 104 Å². The Kier molecular flexibility index (Phi) is 3.50. The van der Waals surface area contributed by atoms with Gasteiger partial charge in [-0.15, -0.1) is 0 Å². The summed E-state index contributed by atoms with van der Waals surface area (Å²) in [5, 5.41) is 20.6. The fraction of sp³-hybridized carbons (Fsp3) is 0.385. The van der Waals surface area contributed by atoms with Crippen LogP contribution in [0.15, 0.2) is 24.3 Å². The Hall–Kier alpha value is -2.04. The maximum atomic E-state index is 11.8. The molecule has 0 bridgehead atoms. The lowest BCUT2D eigenvalue weighted by molar-refractivity contribution is -0.139. The summed E-state index contributed by atoms with van der Waals surface area (Å²) in [4.78, 5) is 22.8. The second kappa shape index (κ2) is 5.08. The van der Waals surface area contributed by atoms with E-state index in [2.05, 4.69) is 5.32 Å². The average Bonchev–Trinajstić information content (AvgIpc) is 3.12. The number of carboxylic acids is 1. The van der Waals surface area contributed by atoms with E-state index in [1.807, 2.05) is 0 Å². The number of carboxylic acid groups (broad SMARTS) is 1. The summed E-state index contributed by atoms with van der Waals surface area (Å²) in [6.07, 6.45) is 2.57. The van der Waals surface area contributed by atoms with Crippen molar-refractivity contribution in [1.82, 2.24) is 5.32 Å². The number of nitrogens with one attached hydrogen (secondary N) is 1. The normalized spacial score (nSPS) is 16.0. The highest BCUT2D eigenvalue weighted by Crippen LogP contribution is 2.33. The van der Waals surface area contributed by atoms with Crippen LogP contribution in [-0.4, -0.2) is 28.1 Å². The smallest absolute Gasteiger partial charge is 0.326 e. The molecule has 1 saturated carbocycles. The highest BCUT2D eigenvalue weighted by Gasteiger charge is 2.30. The quantitative estimate of drug-likeness (QED) is 0.735. The summed E-state index contributed by atoms with van der Waals surface area (Å²) < 4.78 is 0. The number of aliphatic carboxylic acids is 1. The van der Waals surface area contributed by atoms with Crippen LogP contribution in [0.5, 0.6) is 5.75 Å². The third-order valence-electron chi connectivity index (χ3n) is 3.00. The van der Waals surface area contributed by atoms with Gasteiger partial charge in [-0.05, 0) is 36.6 Å². The number of phenolic OH excluding ortho intramolecular Hbond substituents is 1. The van der Waals surface area contributed by atoms with E-state index < -0.39 is 17.9 Å². The van der Waals surface area contributed by atoms with Crippen molar-refractivity contribution in [1.29, 1.82) is 0 Å². The predicted octanol–water partition coefficient (Wildman–Crippen LogP) is 1.38. The van der Waals surface area contributed by atoms with Gasteiger partial charge in [0.2, 0.25) is 0 Å². The van der Waals surface area contributed by atoms with Crippen molar-refractivity contribution >= 4 is 11.9 Å². The Balaban J connectivity index is 1.99. The molecule has 5 nitrogen and oxygen atoms in total. The highest BCUT2D eigenvalue weighted by molar-refractivity contribution is 5.96. The average molecular weight is 249 g/mol. The Morgan fingerprint density at radius 1 is 1.28 bits per heavy atom. The second-order valence-corrected chi connectivity index (χ2v) is 4.59. The molecule has 1 aromatic rings. The zero-order chi connectivity index (χ0) is 13.1. The fourth-order valence-corrected chi connectivity index (χ4v) is 1.76. The molecule has 3 N–H and O–H groups in total. The summed E-state index contributed by atoms with van der Waals surface area (Å²) in [7, 11) is 0.